The summed E-state index contributed by atoms with van der Waals surface area (Å²) in [5.74, 6) is -0.211. The van der Waals surface area contributed by atoms with Gasteiger partial charge in [-0.2, -0.15) is 5.26 Å². The molecule has 0 unspecified atom stereocenters. The monoisotopic (exact) mass is 339 g/mol. The van der Waals surface area contributed by atoms with Crippen LogP contribution in [0.3, 0.4) is 0 Å². The van der Waals surface area contributed by atoms with Crippen molar-refractivity contribution in [3.05, 3.63) is 71.0 Å². The molecule has 1 N–H and O–H groups in total. The Balaban J connectivity index is 1.68. The second-order valence-electron chi connectivity index (χ2n) is 6.16. The molecule has 1 aliphatic heterocycles. The molecule has 0 aromatic heterocycles. The maximum Gasteiger partial charge on any atom is 0.123 e. The highest BCUT2D eigenvalue weighted by Gasteiger charge is 2.22. The van der Waals surface area contributed by atoms with Gasteiger partial charge >= 0.3 is 0 Å². The van der Waals surface area contributed by atoms with Crippen molar-refractivity contribution >= 4 is 0 Å². The second-order valence-corrected chi connectivity index (χ2v) is 6.16. The van der Waals surface area contributed by atoms with Crippen molar-refractivity contribution in [2.24, 2.45) is 0 Å². The third-order valence-electron chi connectivity index (χ3n) is 4.44. The average molecular weight is 339 g/mol. The van der Waals surface area contributed by atoms with Gasteiger partial charge in [0.25, 0.3) is 0 Å². The molecule has 130 valence electrons. The van der Waals surface area contributed by atoms with Crippen LogP contribution in [-0.2, 0) is 11.3 Å². The van der Waals surface area contributed by atoms with Gasteiger partial charge in [-0.05, 0) is 35.4 Å². The molecule has 2 aromatic rings. The fourth-order valence-corrected chi connectivity index (χ4v) is 3.16. The highest BCUT2D eigenvalue weighted by atomic mass is 19.1. The van der Waals surface area contributed by atoms with Crippen molar-refractivity contribution in [2.45, 2.75) is 12.6 Å². The summed E-state index contributed by atoms with van der Waals surface area (Å²) in [5, 5.41) is 12.5. The number of halogens is 1. The molecule has 1 saturated heterocycles. The van der Waals surface area contributed by atoms with Crippen LogP contribution >= 0.6 is 0 Å². The number of hydrogen-bond acceptors (Lipinski definition) is 4. The van der Waals surface area contributed by atoms with E-state index in [1.165, 1.54) is 6.07 Å². The number of benzene rings is 2. The molecule has 1 fully saturated rings. The van der Waals surface area contributed by atoms with Crippen LogP contribution in [0, 0.1) is 17.1 Å². The number of nitriles is 1. The Bertz CT molecular complexity index is 738. The molecule has 1 aliphatic rings. The van der Waals surface area contributed by atoms with E-state index in [1.54, 1.807) is 18.2 Å². The molecule has 1 atom stereocenters. The van der Waals surface area contributed by atoms with Gasteiger partial charge in [0.05, 0.1) is 24.8 Å². The molecule has 2 aromatic carbocycles. The lowest BCUT2D eigenvalue weighted by atomic mass is 10.0. The molecular weight excluding hydrogens is 317 g/mol. The first-order chi connectivity index (χ1) is 12.3. The molecular formula is C20H22FN3O. The maximum absolute atomic E-state index is 13.7. The lowest BCUT2D eigenvalue weighted by Crippen LogP contribution is -2.42. The van der Waals surface area contributed by atoms with Gasteiger partial charge in [-0.25, -0.2) is 4.39 Å². The van der Waals surface area contributed by atoms with Gasteiger partial charge < -0.3 is 10.1 Å². The highest BCUT2D eigenvalue weighted by molar-refractivity contribution is 5.32. The Morgan fingerprint density at radius 1 is 1.16 bits per heavy atom. The summed E-state index contributed by atoms with van der Waals surface area (Å²) in [6.45, 7) is 4.47. The minimum Gasteiger partial charge on any atom is -0.379 e. The number of hydrogen-bond donors (Lipinski definition) is 1. The molecule has 3 rings (SSSR count). The van der Waals surface area contributed by atoms with Gasteiger partial charge in [0, 0.05) is 32.2 Å². The molecule has 0 radical (unpaired) electrons. The van der Waals surface area contributed by atoms with E-state index in [0.29, 0.717) is 31.9 Å². The lowest BCUT2D eigenvalue weighted by molar-refractivity contribution is 0.0160. The first-order valence-corrected chi connectivity index (χ1v) is 8.53. The predicted octanol–water partition coefficient (Wildman–Crippen LogP) is 2.86. The molecule has 4 nitrogen and oxygen atoms in total. The number of morpholine rings is 1. The quantitative estimate of drug-likeness (QED) is 0.879. The Labute approximate surface area is 147 Å². The zero-order valence-electron chi connectivity index (χ0n) is 14.1. The first-order valence-electron chi connectivity index (χ1n) is 8.53. The summed E-state index contributed by atoms with van der Waals surface area (Å²) in [5.41, 5.74) is 2.70. The van der Waals surface area contributed by atoms with E-state index in [2.05, 4.69) is 16.3 Å². The van der Waals surface area contributed by atoms with Crippen LogP contribution < -0.4 is 5.32 Å². The van der Waals surface area contributed by atoms with Crippen LogP contribution in [0.4, 0.5) is 4.39 Å². The molecule has 0 saturated carbocycles. The Hall–Kier alpha value is -2.26. The van der Waals surface area contributed by atoms with E-state index in [4.69, 9.17) is 10.00 Å². The molecule has 0 spiro atoms. The van der Waals surface area contributed by atoms with E-state index >= 15 is 0 Å². The number of nitrogens with one attached hydrogen (secondary N) is 1. The SMILES string of the molecule is N#Cc1cccc(CNC[C@H](c2cccc(F)c2)N2CCOCC2)c1. The van der Waals surface area contributed by atoms with Gasteiger partial charge in [0.1, 0.15) is 5.82 Å². The topological polar surface area (TPSA) is 48.3 Å². The average Bonchev–Trinajstić information content (AvgIpc) is 2.66. The lowest BCUT2D eigenvalue weighted by Gasteiger charge is -2.35. The molecule has 5 heteroatoms. The third-order valence-corrected chi connectivity index (χ3v) is 4.44. The van der Waals surface area contributed by atoms with Gasteiger partial charge in [-0.15, -0.1) is 0 Å². The van der Waals surface area contributed by atoms with Gasteiger partial charge in [-0.3, -0.25) is 4.90 Å². The predicted molar refractivity (Wildman–Crippen MR) is 94.4 cm³/mol. The van der Waals surface area contributed by atoms with Crippen molar-refractivity contribution in [2.75, 3.05) is 32.8 Å². The van der Waals surface area contributed by atoms with Crippen LogP contribution in [0.25, 0.3) is 0 Å². The van der Waals surface area contributed by atoms with Crippen LogP contribution in [0.1, 0.15) is 22.7 Å². The molecule has 0 bridgehead atoms. The summed E-state index contributed by atoms with van der Waals surface area (Å²) >= 11 is 0. The van der Waals surface area contributed by atoms with E-state index < -0.39 is 0 Å². The summed E-state index contributed by atoms with van der Waals surface area (Å²) in [4.78, 5) is 2.33. The number of nitrogens with zero attached hydrogens (tertiary/aromatic N) is 2. The van der Waals surface area contributed by atoms with Crippen molar-refractivity contribution in [3.63, 3.8) is 0 Å². The van der Waals surface area contributed by atoms with Crippen molar-refractivity contribution in [3.8, 4) is 6.07 Å². The van der Waals surface area contributed by atoms with E-state index in [9.17, 15) is 4.39 Å². The van der Waals surface area contributed by atoms with Crippen molar-refractivity contribution in [1.82, 2.24) is 10.2 Å². The summed E-state index contributed by atoms with van der Waals surface area (Å²) in [7, 11) is 0. The summed E-state index contributed by atoms with van der Waals surface area (Å²) in [6, 6.07) is 16.6. The third kappa shape index (κ3) is 4.86. The standard InChI is InChI=1S/C20H22FN3O/c21-19-6-2-5-18(12-19)20(24-7-9-25-10-8-24)15-23-14-17-4-1-3-16(11-17)13-22/h1-6,11-12,20,23H,7-10,14-15H2/t20-/m1/s1. The first kappa shape index (κ1) is 17.6. The Morgan fingerprint density at radius 3 is 2.72 bits per heavy atom. The smallest absolute Gasteiger partial charge is 0.123 e. The maximum atomic E-state index is 13.7. The fraction of sp³-hybridized carbons (Fsp3) is 0.350. The number of rotatable bonds is 6. The van der Waals surface area contributed by atoms with Crippen molar-refractivity contribution < 1.29 is 9.13 Å². The molecule has 0 amide bonds. The highest BCUT2D eigenvalue weighted by Crippen LogP contribution is 2.22. The van der Waals surface area contributed by atoms with Crippen molar-refractivity contribution in [1.29, 1.82) is 5.26 Å². The summed E-state index contributed by atoms with van der Waals surface area (Å²) < 4.78 is 19.1. The van der Waals surface area contributed by atoms with E-state index in [-0.39, 0.29) is 11.9 Å². The molecule has 25 heavy (non-hydrogen) atoms. The zero-order chi connectivity index (χ0) is 17.5. The molecule has 0 aliphatic carbocycles. The fourth-order valence-electron chi connectivity index (χ4n) is 3.16. The van der Waals surface area contributed by atoms with Crippen LogP contribution in [0.15, 0.2) is 48.5 Å². The Kier molecular flexibility index (Phi) is 6.13. The normalized spacial score (nSPS) is 16.3. The number of ether oxygens (including phenoxy) is 1. The van der Waals surface area contributed by atoms with Gasteiger partial charge in [0.15, 0.2) is 0 Å². The van der Waals surface area contributed by atoms with Crippen LogP contribution in [0.2, 0.25) is 0 Å². The van der Waals surface area contributed by atoms with Gasteiger partial charge in [0.2, 0.25) is 0 Å². The van der Waals surface area contributed by atoms with E-state index in [0.717, 1.165) is 24.2 Å². The van der Waals surface area contributed by atoms with Crippen LogP contribution in [0.5, 0.6) is 0 Å². The second kappa shape index (κ2) is 8.72. The minimum atomic E-state index is -0.211. The largest absolute Gasteiger partial charge is 0.379 e. The summed E-state index contributed by atoms with van der Waals surface area (Å²) in [6.07, 6.45) is 0. The van der Waals surface area contributed by atoms with Crippen LogP contribution in [-0.4, -0.2) is 37.7 Å². The molecule has 1 heterocycles. The van der Waals surface area contributed by atoms with E-state index in [1.807, 2.05) is 24.3 Å². The minimum absolute atomic E-state index is 0.0961. The Morgan fingerprint density at radius 2 is 1.96 bits per heavy atom. The zero-order valence-corrected chi connectivity index (χ0v) is 14.1. The van der Waals surface area contributed by atoms with Gasteiger partial charge in [-0.1, -0.05) is 24.3 Å².